The fraction of sp³-hybridized carbons (Fsp3) is 0.625. The maximum atomic E-state index is 3.73. The van der Waals surface area contributed by atoms with Crippen molar-refractivity contribution in [2.45, 2.75) is 45.7 Å². The topological polar surface area (TPSA) is 12.0 Å². The molecule has 0 spiro atoms. The average Bonchev–Trinajstić information content (AvgIpc) is 2.71. The van der Waals surface area contributed by atoms with Gasteiger partial charge in [0.15, 0.2) is 0 Å². The van der Waals surface area contributed by atoms with Crippen LogP contribution in [0.25, 0.3) is 0 Å². The standard InChI is InChI=1S/C16H23N/c1-11-7-12(2)9-14(8-11)16-15-6-4-3-5-13(15)10-17-16/h3-6,11-12,14,16-17H,7-10H2,1-2H3. The molecule has 0 bridgehead atoms. The van der Waals surface area contributed by atoms with E-state index in [1.165, 1.54) is 24.8 Å². The van der Waals surface area contributed by atoms with Crippen molar-refractivity contribution in [2.24, 2.45) is 17.8 Å². The fourth-order valence-corrected chi connectivity index (χ4v) is 4.03. The van der Waals surface area contributed by atoms with Gasteiger partial charge in [0.25, 0.3) is 0 Å². The van der Waals surface area contributed by atoms with Crippen molar-refractivity contribution in [1.82, 2.24) is 5.32 Å². The normalized spacial score (nSPS) is 36.8. The van der Waals surface area contributed by atoms with Crippen molar-refractivity contribution >= 4 is 0 Å². The van der Waals surface area contributed by atoms with Gasteiger partial charge in [0.05, 0.1) is 0 Å². The minimum atomic E-state index is 0.622. The van der Waals surface area contributed by atoms with E-state index in [4.69, 9.17) is 0 Å². The van der Waals surface area contributed by atoms with E-state index in [0.717, 1.165) is 24.3 Å². The third kappa shape index (κ3) is 2.13. The summed E-state index contributed by atoms with van der Waals surface area (Å²) in [6.45, 7) is 5.91. The Hall–Kier alpha value is -0.820. The molecule has 1 saturated carbocycles. The van der Waals surface area contributed by atoms with Gasteiger partial charge in [-0.3, -0.25) is 0 Å². The molecule has 1 heterocycles. The van der Waals surface area contributed by atoms with E-state index in [2.05, 4.69) is 43.4 Å². The first-order valence-electron chi connectivity index (χ1n) is 7.05. The minimum absolute atomic E-state index is 0.622. The number of hydrogen-bond donors (Lipinski definition) is 1. The summed E-state index contributed by atoms with van der Waals surface area (Å²) in [6.07, 6.45) is 4.22. The van der Waals surface area contributed by atoms with Crippen molar-refractivity contribution in [2.75, 3.05) is 0 Å². The molecule has 1 aliphatic heterocycles. The van der Waals surface area contributed by atoms with Crippen LogP contribution in [0, 0.1) is 17.8 Å². The molecule has 0 aromatic heterocycles. The zero-order valence-electron chi connectivity index (χ0n) is 10.9. The van der Waals surface area contributed by atoms with Crippen LogP contribution in [0.5, 0.6) is 0 Å². The van der Waals surface area contributed by atoms with E-state index in [0.29, 0.717) is 6.04 Å². The number of rotatable bonds is 1. The monoisotopic (exact) mass is 229 g/mol. The molecule has 3 rings (SSSR count). The summed E-state index contributed by atoms with van der Waals surface area (Å²) >= 11 is 0. The Labute approximate surface area is 105 Å². The van der Waals surface area contributed by atoms with Crippen LogP contribution < -0.4 is 5.32 Å². The highest BCUT2D eigenvalue weighted by Gasteiger charge is 2.33. The van der Waals surface area contributed by atoms with Crippen LogP contribution in [0.1, 0.15) is 50.3 Å². The molecule has 3 atom stereocenters. The number of hydrogen-bond acceptors (Lipinski definition) is 1. The molecule has 1 nitrogen and oxygen atoms in total. The van der Waals surface area contributed by atoms with Gasteiger partial charge in [-0.25, -0.2) is 0 Å². The summed E-state index contributed by atoms with van der Waals surface area (Å²) in [5.41, 5.74) is 3.09. The summed E-state index contributed by atoms with van der Waals surface area (Å²) in [7, 11) is 0. The van der Waals surface area contributed by atoms with Gasteiger partial charge < -0.3 is 5.32 Å². The highest BCUT2D eigenvalue weighted by molar-refractivity contribution is 5.34. The van der Waals surface area contributed by atoms with Gasteiger partial charge in [-0.1, -0.05) is 38.1 Å². The van der Waals surface area contributed by atoms with Crippen molar-refractivity contribution < 1.29 is 0 Å². The fourth-order valence-electron chi connectivity index (χ4n) is 4.03. The van der Waals surface area contributed by atoms with Crippen molar-refractivity contribution in [3.05, 3.63) is 35.4 Å². The van der Waals surface area contributed by atoms with E-state index in [1.807, 2.05) is 0 Å². The van der Waals surface area contributed by atoms with Crippen LogP contribution in [-0.4, -0.2) is 0 Å². The molecule has 1 fully saturated rings. The highest BCUT2D eigenvalue weighted by Crippen LogP contribution is 2.42. The summed E-state index contributed by atoms with van der Waals surface area (Å²) in [5.74, 6) is 2.65. The molecular formula is C16H23N. The maximum Gasteiger partial charge on any atom is 0.0355 e. The zero-order chi connectivity index (χ0) is 11.8. The van der Waals surface area contributed by atoms with E-state index in [9.17, 15) is 0 Å². The van der Waals surface area contributed by atoms with Crippen LogP contribution in [-0.2, 0) is 6.54 Å². The largest absolute Gasteiger partial charge is 0.306 e. The van der Waals surface area contributed by atoms with Gasteiger partial charge in [-0.15, -0.1) is 0 Å². The Morgan fingerprint density at radius 3 is 2.47 bits per heavy atom. The average molecular weight is 229 g/mol. The molecule has 1 N–H and O–H groups in total. The van der Waals surface area contributed by atoms with Gasteiger partial charge in [-0.2, -0.15) is 0 Å². The van der Waals surface area contributed by atoms with E-state index >= 15 is 0 Å². The molecule has 1 heteroatoms. The first kappa shape index (κ1) is 11.3. The highest BCUT2D eigenvalue weighted by atomic mass is 14.9. The predicted octanol–water partition coefficient (Wildman–Crippen LogP) is 3.90. The van der Waals surface area contributed by atoms with Crippen molar-refractivity contribution in [1.29, 1.82) is 0 Å². The Bertz CT molecular complexity index is 388. The molecule has 17 heavy (non-hydrogen) atoms. The quantitative estimate of drug-likeness (QED) is 0.770. The molecule has 0 saturated heterocycles. The van der Waals surface area contributed by atoms with Crippen LogP contribution in [0.2, 0.25) is 0 Å². The SMILES string of the molecule is CC1CC(C)CC(C2NCc3ccccc32)C1. The molecular weight excluding hydrogens is 206 g/mol. The molecule has 92 valence electrons. The molecule has 1 aromatic carbocycles. The lowest BCUT2D eigenvalue weighted by atomic mass is 9.73. The lowest BCUT2D eigenvalue weighted by Gasteiger charge is -2.35. The Balaban J connectivity index is 1.82. The van der Waals surface area contributed by atoms with Gasteiger partial charge in [0, 0.05) is 12.6 Å². The second kappa shape index (κ2) is 4.45. The number of benzene rings is 1. The Kier molecular flexibility index (Phi) is 2.96. The summed E-state index contributed by atoms with van der Waals surface area (Å²) in [4.78, 5) is 0. The second-order valence-electron chi connectivity index (χ2n) is 6.23. The minimum Gasteiger partial charge on any atom is -0.306 e. The molecule has 1 aliphatic carbocycles. The zero-order valence-corrected chi connectivity index (χ0v) is 10.9. The van der Waals surface area contributed by atoms with Crippen LogP contribution in [0.15, 0.2) is 24.3 Å². The third-order valence-electron chi connectivity index (χ3n) is 4.59. The predicted molar refractivity (Wildman–Crippen MR) is 71.7 cm³/mol. The Morgan fingerprint density at radius 1 is 1.00 bits per heavy atom. The molecule has 2 aliphatic rings. The maximum absolute atomic E-state index is 3.73. The summed E-state index contributed by atoms with van der Waals surface area (Å²) in [6, 6.07) is 9.57. The summed E-state index contributed by atoms with van der Waals surface area (Å²) in [5, 5.41) is 3.73. The Morgan fingerprint density at radius 2 is 1.71 bits per heavy atom. The van der Waals surface area contributed by atoms with Gasteiger partial charge in [0.2, 0.25) is 0 Å². The molecule has 3 unspecified atom stereocenters. The van der Waals surface area contributed by atoms with E-state index in [1.54, 1.807) is 5.56 Å². The van der Waals surface area contributed by atoms with Crippen LogP contribution >= 0.6 is 0 Å². The first-order chi connectivity index (χ1) is 8.24. The van der Waals surface area contributed by atoms with E-state index in [-0.39, 0.29) is 0 Å². The molecule has 1 aromatic rings. The van der Waals surface area contributed by atoms with Gasteiger partial charge in [-0.05, 0) is 48.1 Å². The van der Waals surface area contributed by atoms with Gasteiger partial charge in [0.1, 0.15) is 0 Å². The van der Waals surface area contributed by atoms with Crippen LogP contribution in [0.4, 0.5) is 0 Å². The van der Waals surface area contributed by atoms with Crippen molar-refractivity contribution in [3.8, 4) is 0 Å². The number of fused-ring (bicyclic) bond motifs is 1. The smallest absolute Gasteiger partial charge is 0.0355 e. The van der Waals surface area contributed by atoms with E-state index < -0.39 is 0 Å². The van der Waals surface area contributed by atoms with Gasteiger partial charge >= 0.3 is 0 Å². The van der Waals surface area contributed by atoms with Crippen molar-refractivity contribution in [3.63, 3.8) is 0 Å². The first-order valence-corrected chi connectivity index (χ1v) is 7.05. The number of nitrogens with one attached hydrogen (secondary N) is 1. The summed E-state index contributed by atoms with van der Waals surface area (Å²) < 4.78 is 0. The lowest BCUT2D eigenvalue weighted by molar-refractivity contribution is 0.181. The lowest BCUT2D eigenvalue weighted by Crippen LogP contribution is -2.29. The second-order valence-corrected chi connectivity index (χ2v) is 6.23. The van der Waals surface area contributed by atoms with Crippen LogP contribution in [0.3, 0.4) is 0 Å². The molecule has 0 radical (unpaired) electrons. The third-order valence-corrected chi connectivity index (χ3v) is 4.59. The molecule has 0 amide bonds.